The summed E-state index contributed by atoms with van der Waals surface area (Å²) in [6, 6.07) is 7.52. The lowest BCUT2D eigenvalue weighted by molar-refractivity contribution is -0.130. The number of hydrogen-bond donors (Lipinski definition) is 0. The van der Waals surface area contributed by atoms with E-state index in [-0.39, 0.29) is 11.9 Å². The summed E-state index contributed by atoms with van der Waals surface area (Å²) in [5.41, 5.74) is 1.12. The van der Waals surface area contributed by atoms with E-state index >= 15 is 0 Å². The van der Waals surface area contributed by atoms with Crippen molar-refractivity contribution in [2.24, 2.45) is 0 Å². The lowest BCUT2D eigenvalue weighted by Gasteiger charge is -2.32. The molecule has 9 nitrogen and oxygen atoms in total. The minimum Gasteiger partial charge on any atom is -0.378 e. The van der Waals surface area contributed by atoms with Gasteiger partial charge in [-0.05, 0) is 57.0 Å². The summed E-state index contributed by atoms with van der Waals surface area (Å²) in [6.45, 7) is 11.0. The maximum absolute atomic E-state index is 12.8. The smallest absolute Gasteiger partial charge is 0.320 e. The Bertz CT molecular complexity index is 963. The predicted octanol–water partition coefficient (Wildman–Crippen LogP) is 2.11. The number of rotatable bonds is 10. The molecule has 2 aliphatic rings. The molecule has 0 saturated carbocycles. The Morgan fingerprint density at radius 3 is 2.33 bits per heavy atom. The molecule has 2 fully saturated rings. The molecule has 1 aromatic rings. The van der Waals surface area contributed by atoms with E-state index in [1.165, 1.54) is 6.26 Å². The topological polar surface area (TPSA) is 90.5 Å². The first kappa shape index (κ1) is 28.4. The zero-order valence-corrected chi connectivity index (χ0v) is 22.8. The van der Waals surface area contributed by atoms with Crippen LogP contribution in [0.2, 0.25) is 0 Å². The molecule has 2 heterocycles. The number of carbonyl (C=O) groups excluding carboxylic acids is 2. The number of benzene rings is 1. The van der Waals surface area contributed by atoms with Crippen LogP contribution in [-0.4, -0.2) is 118 Å². The van der Waals surface area contributed by atoms with E-state index in [4.69, 9.17) is 4.74 Å². The Kier molecular flexibility index (Phi) is 10.6. The van der Waals surface area contributed by atoms with Crippen LogP contribution in [0.3, 0.4) is 0 Å². The second-order valence-corrected chi connectivity index (χ2v) is 11.8. The first-order valence-corrected chi connectivity index (χ1v) is 15.0. The van der Waals surface area contributed by atoms with Gasteiger partial charge in [-0.15, -0.1) is 0 Å². The molecular formula is C26H42N4O5S. The average molecular weight is 523 g/mol. The summed E-state index contributed by atoms with van der Waals surface area (Å²) < 4.78 is 28.7. The molecule has 1 unspecified atom stereocenters. The van der Waals surface area contributed by atoms with E-state index in [1.807, 2.05) is 26.8 Å². The van der Waals surface area contributed by atoms with Gasteiger partial charge in [-0.2, -0.15) is 0 Å². The molecule has 3 amide bonds. The summed E-state index contributed by atoms with van der Waals surface area (Å²) in [7, 11) is -3.18. The molecule has 0 N–H and O–H groups in total. The van der Waals surface area contributed by atoms with Crippen LogP contribution in [0.1, 0.15) is 38.7 Å². The van der Waals surface area contributed by atoms with Crippen LogP contribution < -0.4 is 0 Å². The van der Waals surface area contributed by atoms with Crippen LogP contribution in [0, 0.1) is 0 Å². The molecule has 3 rings (SSSR count). The number of unbranched alkanes of at least 4 members (excludes halogenated alkanes) is 1. The number of urea groups is 1. The van der Waals surface area contributed by atoms with Crippen molar-refractivity contribution >= 4 is 21.8 Å². The Morgan fingerprint density at radius 2 is 1.69 bits per heavy atom. The number of carbonyl (C=O) groups is 2. The van der Waals surface area contributed by atoms with Gasteiger partial charge in [-0.3, -0.25) is 4.79 Å². The van der Waals surface area contributed by atoms with Crippen LogP contribution in [0.4, 0.5) is 4.79 Å². The average Bonchev–Trinajstić information content (AvgIpc) is 3.05. The number of nitrogens with zero attached hydrogens (tertiary/aromatic N) is 4. The third-order valence-electron chi connectivity index (χ3n) is 7.18. The summed E-state index contributed by atoms with van der Waals surface area (Å²) in [5.74, 6) is 0.130. The fourth-order valence-electron chi connectivity index (χ4n) is 4.90. The summed E-state index contributed by atoms with van der Waals surface area (Å²) in [5, 5.41) is 0. The monoisotopic (exact) mass is 522 g/mol. The number of ether oxygens (including phenoxy) is 1. The van der Waals surface area contributed by atoms with Crippen LogP contribution in [0.25, 0.3) is 0 Å². The standard InChI is InChI=1S/C26H42N4O5S/c1-4-27(22(2)21-23-7-9-24(10-8-23)36(3,33)34)12-5-6-13-28-15-16-29(14-11-25(28)31)26(32)30-17-19-35-20-18-30/h7-10,22H,4-6,11-21H2,1-3H3. The van der Waals surface area contributed by atoms with Crippen molar-refractivity contribution in [3.8, 4) is 0 Å². The zero-order valence-electron chi connectivity index (χ0n) is 22.0. The molecule has 202 valence electrons. The fraction of sp³-hybridized carbons (Fsp3) is 0.692. The van der Waals surface area contributed by atoms with Crippen LogP contribution >= 0.6 is 0 Å². The van der Waals surface area contributed by atoms with Crippen molar-refractivity contribution in [1.29, 1.82) is 0 Å². The molecule has 10 heteroatoms. The number of hydrogen-bond acceptors (Lipinski definition) is 6. The van der Waals surface area contributed by atoms with Gasteiger partial charge in [0.25, 0.3) is 0 Å². The maximum atomic E-state index is 12.8. The molecule has 2 aliphatic heterocycles. The van der Waals surface area contributed by atoms with Crippen molar-refractivity contribution in [3.63, 3.8) is 0 Å². The summed E-state index contributed by atoms with van der Waals surface area (Å²) in [6.07, 6.45) is 4.38. The van der Waals surface area contributed by atoms with Crippen molar-refractivity contribution in [3.05, 3.63) is 29.8 Å². The van der Waals surface area contributed by atoms with Gasteiger partial charge in [-0.25, -0.2) is 13.2 Å². The van der Waals surface area contributed by atoms with Gasteiger partial charge in [0.1, 0.15) is 0 Å². The molecule has 0 spiro atoms. The molecule has 0 radical (unpaired) electrons. The van der Waals surface area contributed by atoms with E-state index in [9.17, 15) is 18.0 Å². The highest BCUT2D eigenvalue weighted by atomic mass is 32.2. The van der Waals surface area contributed by atoms with Gasteiger partial charge in [0.2, 0.25) is 5.91 Å². The molecule has 0 bridgehead atoms. The van der Waals surface area contributed by atoms with E-state index < -0.39 is 9.84 Å². The largest absolute Gasteiger partial charge is 0.378 e. The second kappa shape index (κ2) is 13.4. The van der Waals surface area contributed by atoms with Crippen LogP contribution in [0.5, 0.6) is 0 Å². The van der Waals surface area contributed by atoms with Gasteiger partial charge in [0.05, 0.1) is 18.1 Å². The minimum atomic E-state index is -3.18. The van der Waals surface area contributed by atoms with E-state index in [0.717, 1.165) is 44.5 Å². The first-order chi connectivity index (χ1) is 17.2. The number of morpholine rings is 1. The van der Waals surface area contributed by atoms with Gasteiger partial charge in [-0.1, -0.05) is 19.1 Å². The lowest BCUT2D eigenvalue weighted by Crippen LogP contribution is -2.49. The van der Waals surface area contributed by atoms with Crippen molar-refractivity contribution < 1.29 is 22.7 Å². The van der Waals surface area contributed by atoms with Gasteiger partial charge < -0.3 is 24.3 Å². The van der Waals surface area contributed by atoms with Gasteiger partial charge >= 0.3 is 6.03 Å². The van der Waals surface area contributed by atoms with Gasteiger partial charge in [0, 0.05) is 58.0 Å². The molecular weight excluding hydrogens is 480 g/mol. The van der Waals surface area contributed by atoms with Gasteiger partial charge in [0.15, 0.2) is 9.84 Å². The Labute approximate surface area is 216 Å². The van der Waals surface area contributed by atoms with Crippen molar-refractivity contribution in [1.82, 2.24) is 19.6 Å². The number of sulfone groups is 1. The molecule has 1 atom stereocenters. The molecule has 36 heavy (non-hydrogen) atoms. The molecule has 2 saturated heterocycles. The summed E-state index contributed by atoms with van der Waals surface area (Å²) >= 11 is 0. The van der Waals surface area contributed by atoms with E-state index in [2.05, 4.69) is 18.7 Å². The fourth-order valence-corrected chi connectivity index (χ4v) is 5.53. The minimum absolute atomic E-state index is 0.0199. The lowest BCUT2D eigenvalue weighted by atomic mass is 10.1. The predicted molar refractivity (Wildman–Crippen MR) is 140 cm³/mol. The normalized spacial score (nSPS) is 18.4. The van der Waals surface area contributed by atoms with Crippen molar-refractivity contribution in [2.75, 3.05) is 71.8 Å². The van der Waals surface area contributed by atoms with Crippen LogP contribution in [0.15, 0.2) is 29.2 Å². The zero-order chi connectivity index (χ0) is 26.1. The molecule has 1 aromatic carbocycles. The second-order valence-electron chi connectivity index (χ2n) is 9.80. The Morgan fingerprint density at radius 1 is 1.03 bits per heavy atom. The number of likely N-dealkylation sites (N-methyl/N-ethyl adjacent to an activating group) is 1. The first-order valence-electron chi connectivity index (χ1n) is 13.1. The Hall–Kier alpha value is -2.17. The number of amides is 3. The third-order valence-corrected chi connectivity index (χ3v) is 8.30. The van der Waals surface area contributed by atoms with E-state index in [0.29, 0.717) is 63.3 Å². The third kappa shape index (κ3) is 8.18. The molecule has 0 aliphatic carbocycles. The highest BCUT2D eigenvalue weighted by molar-refractivity contribution is 7.90. The van der Waals surface area contributed by atoms with Crippen molar-refractivity contribution in [2.45, 2.75) is 50.5 Å². The van der Waals surface area contributed by atoms with Crippen LogP contribution in [-0.2, 0) is 25.8 Å². The summed E-state index contributed by atoms with van der Waals surface area (Å²) in [4.78, 5) is 33.7. The quantitative estimate of drug-likeness (QED) is 0.437. The van der Waals surface area contributed by atoms with E-state index in [1.54, 1.807) is 12.1 Å². The highest BCUT2D eigenvalue weighted by Gasteiger charge is 2.27. The highest BCUT2D eigenvalue weighted by Crippen LogP contribution is 2.15. The maximum Gasteiger partial charge on any atom is 0.320 e. The molecule has 0 aromatic heterocycles. The Balaban J connectivity index is 1.41. The SMILES string of the molecule is CCN(CCCCN1CCN(C(=O)N2CCOCC2)CCC1=O)C(C)Cc1ccc(S(C)(=O)=O)cc1.